The number of aromatic nitrogens is 4. The lowest BCUT2D eigenvalue weighted by molar-refractivity contribution is -0.107. The first kappa shape index (κ1) is 20.0. The van der Waals surface area contributed by atoms with E-state index in [9.17, 15) is 18.0 Å². The molecule has 4 heterocycles. The Morgan fingerprint density at radius 2 is 1.97 bits per heavy atom. The predicted octanol–water partition coefficient (Wildman–Crippen LogP) is 4.41. The number of benzene rings is 1. The number of hydrogen-bond donors (Lipinski definition) is 1. The Hall–Kier alpha value is -3.95. The van der Waals surface area contributed by atoms with E-state index in [1.807, 2.05) is 25.1 Å². The van der Waals surface area contributed by atoms with Crippen molar-refractivity contribution in [1.82, 2.24) is 24.6 Å². The van der Waals surface area contributed by atoms with Crippen molar-refractivity contribution in [3.8, 4) is 16.9 Å². The Bertz CT molecular complexity index is 1340. The minimum absolute atomic E-state index is 0.0882. The fourth-order valence-electron chi connectivity index (χ4n) is 3.58. The normalized spacial score (nSPS) is 14.9. The third-order valence-corrected chi connectivity index (χ3v) is 5.22. The molecule has 3 aromatic heterocycles. The fraction of sp³-hybridized carbons (Fsp3) is 0.182. The molecular formula is C22H17F3N6O. The Labute approximate surface area is 180 Å². The molecule has 7 nitrogen and oxygen atoms in total. The van der Waals surface area contributed by atoms with Gasteiger partial charge in [0.15, 0.2) is 5.65 Å². The molecule has 1 aliphatic heterocycles. The number of alkyl halides is 2. The first-order valence-electron chi connectivity index (χ1n) is 9.80. The zero-order valence-electron chi connectivity index (χ0n) is 16.9. The largest absolute Gasteiger partial charge is 0.322 e. The second-order valence-corrected chi connectivity index (χ2v) is 7.69. The van der Waals surface area contributed by atoms with Crippen molar-refractivity contribution in [1.29, 1.82) is 0 Å². The number of pyridine rings is 2. The maximum absolute atomic E-state index is 14.5. The number of likely N-dealkylation sites (tertiary alicyclic amines) is 1. The number of carbonyl (C=O) groups excluding carboxylic acids is 1. The lowest BCUT2D eigenvalue weighted by atomic mass is 10.1. The summed E-state index contributed by atoms with van der Waals surface area (Å²) in [6.45, 7) is 0.675. The van der Waals surface area contributed by atoms with Gasteiger partial charge in [-0.05, 0) is 42.8 Å². The van der Waals surface area contributed by atoms with E-state index in [-0.39, 0.29) is 11.4 Å². The van der Waals surface area contributed by atoms with Gasteiger partial charge in [0.1, 0.15) is 11.5 Å². The maximum atomic E-state index is 14.5. The molecule has 4 aromatic rings. The number of fused-ring (bicyclic) bond motifs is 1. The van der Waals surface area contributed by atoms with Gasteiger partial charge in [-0.1, -0.05) is 6.07 Å². The van der Waals surface area contributed by atoms with Gasteiger partial charge in [-0.25, -0.2) is 27.6 Å². The number of urea groups is 1. The summed E-state index contributed by atoms with van der Waals surface area (Å²) in [6, 6.07) is 8.93. The zero-order chi connectivity index (χ0) is 22.5. The van der Waals surface area contributed by atoms with Gasteiger partial charge in [-0.15, -0.1) is 5.10 Å². The molecule has 1 fully saturated rings. The monoisotopic (exact) mass is 438 g/mol. The number of nitrogens with one attached hydrogen (secondary N) is 1. The van der Waals surface area contributed by atoms with Crippen LogP contribution in [0.2, 0.25) is 0 Å². The molecular weight excluding hydrogens is 421 g/mol. The van der Waals surface area contributed by atoms with E-state index in [0.29, 0.717) is 11.0 Å². The molecule has 0 radical (unpaired) electrons. The van der Waals surface area contributed by atoms with Crippen molar-refractivity contribution in [3.63, 3.8) is 0 Å². The van der Waals surface area contributed by atoms with Crippen LogP contribution in [0.25, 0.3) is 28.0 Å². The summed E-state index contributed by atoms with van der Waals surface area (Å²) in [7, 11) is 0. The zero-order valence-corrected chi connectivity index (χ0v) is 16.9. The summed E-state index contributed by atoms with van der Waals surface area (Å²) >= 11 is 0. The second-order valence-electron chi connectivity index (χ2n) is 7.69. The molecule has 1 aliphatic rings. The topological polar surface area (TPSA) is 75.9 Å². The molecule has 32 heavy (non-hydrogen) atoms. The van der Waals surface area contributed by atoms with Crippen molar-refractivity contribution in [2.45, 2.75) is 12.8 Å². The van der Waals surface area contributed by atoms with Gasteiger partial charge in [0, 0.05) is 35.2 Å². The second kappa shape index (κ2) is 7.33. The molecule has 0 saturated carbocycles. The van der Waals surface area contributed by atoms with E-state index in [2.05, 4.69) is 20.4 Å². The van der Waals surface area contributed by atoms with Crippen LogP contribution < -0.4 is 5.32 Å². The van der Waals surface area contributed by atoms with Crippen LogP contribution >= 0.6 is 0 Å². The summed E-state index contributed by atoms with van der Waals surface area (Å²) in [5.41, 5.74) is 3.36. The Morgan fingerprint density at radius 1 is 1.16 bits per heavy atom. The van der Waals surface area contributed by atoms with Crippen LogP contribution in [0.5, 0.6) is 0 Å². The predicted molar refractivity (Wildman–Crippen MR) is 112 cm³/mol. The van der Waals surface area contributed by atoms with Gasteiger partial charge < -0.3 is 10.2 Å². The number of hydrogen-bond acceptors (Lipinski definition) is 4. The highest BCUT2D eigenvalue weighted by atomic mass is 19.3. The van der Waals surface area contributed by atoms with Gasteiger partial charge in [0.2, 0.25) is 0 Å². The highest BCUT2D eigenvalue weighted by Crippen LogP contribution is 2.28. The Kier molecular flexibility index (Phi) is 4.58. The number of nitrogens with zero attached hydrogens (tertiary/aromatic N) is 5. The van der Waals surface area contributed by atoms with Gasteiger partial charge in [-0.2, -0.15) is 0 Å². The number of carbonyl (C=O) groups is 1. The van der Waals surface area contributed by atoms with E-state index >= 15 is 0 Å². The molecule has 1 N–H and O–H groups in total. The molecule has 1 aromatic carbocycles. The van der Waals surface area contributed by atoms with Crippen LogP contribution in [0.3, 0.4) is 0 Å². The molecule has 0 aliphatic carbocycles. The lowest BCUT2D eigenvalue weighted by Crippen LogP contribution is -2.59. The van der Waals surface area contributed by atoms with Crippen molar-refractivity contribution in [2.75, 3.05) is 18.4 Å². The number of halogens is 3. The van der Waals surface area contributed by atoms with Crippen LogP contribution in [0.1, 0.15) is 5.56 Å². The van der Waals surface area contributed by atoms with Crippen molar-refractivity contribution < 1.29 is 18.0 Å². The molecule has 1 saturated heterocycles. The van der Waals surface area contributed by atoms with Crippen LogP contribution in [0.15, 0.2) is 55.0 Å². The number of anilines is 1. The highest BCUT2D eigenvalue weighted by Gasteiger charge is 2.46. The summed E-state index contributed by atoms with van der Waals surface area (Å²) in [6.07, 6.45) is 4.99. The average Bonchev–Trinajstić information content (AvgIpc) is 3.16. The average molecular weight is 438 g/mol. The van der Waals surface area contributed by atoms with Crippen molar-refractivity contribution in [2.24, 2.45) is 0 Å². The molecule has 0 unspecified atom stereocenters. The van der Waals surface area contributed by atoms with E-state index in [0.717, 1.165) is 21.7 Å². The summed E-state index contributed by atoms with van der Waals surface area (Å²) in [5, 5.41) is 7.52. The first-order valence-corrected chi connectivity index (χ1v) is 9.80. The number of aryl methyl sites for hydroxylation is 1. The van der Waals surface area contributed by atoms with Crippen LogP contribution in [-0.4, -0.2) is 49.7 Å². The van der Waals surface area contributed by atoms with Gasteiger partial charge >= 0.3 is 6.03 Å². The van der Waals surface area contributed by atoms with Crippen LogP contribution in [-0.2, 0) is 0 Å². The Balaban J connectivity index is 1.44. The maximum Gasteiger partial charge on any atom is 0.322 e. The van der Waals surface area contributed by atoms with Crippen molar-refractivity contribution in [3.05, 3.63) is 66.4 Å². The molecule has 5 rings (SSSR count). The van der Waals surface area contributed by atoms with Crippen LogP contribution in [0.4, 0.5) is 23.7 Å². The SMILES string of the molecule is Cc1cccnc1-c1cnc2nn(-c3cc(NC(=O)N4CC(F)(F)C4)ccc3F)cc2c1. The number of amides is 2. The third-order valence-electron chi connectivity index (χ3n) is 5.22. The number of rotatable bonds is 3. The summed E-state index contributed by atoms with van der Waals surface area (Å²) in [4.78, 5) is 21.8. The first-order chi connectivity index (χ1) is 15.3. The van der Waals surface area contributed by atoms with Crippen molar-refractivity contribution >= 4 is 22.8 Å². The van der Waals surface area contributed by atoms with Gasteiger partial charge in [0.25, 0.3) is 5.92 Å². The third kappa shape index (κ3) is 3.64. The van der Waals surface area contributed by atoms with Gasteiger partial charge in [0.05, 0.1) is 18.8 Å². The van der Waals surface area contributed by atoms with E-state index in [4.69, 9.17) is 0 Å². The minimum atomic E-state index is -2.86. The fourth-order valence-corrected chi connectivity index (χ4v) is 3.58. The lowest BCUT2D eigenvalue weighted by Gasteiger charge is -2.38. The molecule has 10 heteroatoms. The molecule has 0 spiro atoms. The highest BCUT2D eigenvalue weighted by molar-refractivity contribution is 5.90. The van der Waals surface area contributed by atoms with E-state index in [1.54, 1.807) is 18.6 Å². The van der Waals surface area contributed by atoms with E-state index < -0.39 is 30.9 Å². The standard InChI is InChI=1S/C22H17F3N6O/c1-13-3-2-6-26-19(13)14-7-15-10-31(29-20(15)27-9-14)18-8-16(4-5-17(18)23)28-21(32)30-11-22(24,25)12-30/h2-10H,11-12H2,1H3,(H,28,32). The molecule has 2 amide bonds. The molecule has 0 bridgehead atoms. The van der Waals surface area contributed by atoms with Crippen LogP contribution in [0, 0.1) is 12.7 Å². The van der Waals surface area contributed by atoms with E-state index in [1.165, 1.54) is 22.9 Å². The summed E-state index contributed by atoms with van der Waals surface area (Å²) in [5.74, 6) is -3.42. The van der Waals surface area contributed by atoms with Gasteiger partial charge in [-0.3, -0.25) is 4.98 Å². The summed E-state index contributed by atoms with van der Waals surface area (Å²) < 4.78 is 41.9. The smallest absolute Gasteiger partial charge is 0.312 e. The molecule has 162 valence electrons. The molecule has 0 atom stereocenters. The minimum Gasteiger partial charge on any atom is -0.312 e. The Morgan fingerprint density at radius 3 is 2.72 bits per heavy atom. The quantitative estimate of drug-likeness (QED) is 0.514.